The topological polar surface area (TPSA) is 39.2 Å². The molecule has 0 unspecified atom stereocenters. The minimum atomic E-state index is 0.385. The summed E-state index contributed by atoms with van der Waals surface area (Å²) in [6.45, 7) is 2.16. The van der Waals surface area contributed by atoms with Gasteiger partial charge in [0.05, 0.1) is 6.26 Å². The molecular formula is C15H21NO. The van der Waals surface area contributed by atoms with Gasteiger partial charge in [-0.3, -0.25) is 0 Å². The largest absolute Gasteiger partial charge is 0.449 e. The molecule has 1 aromatic rings. The molecule has 17 heavy (non-hydrogen) atoms. The Morgan fingerprint density at radius 1 is 1.12 bits per heavy atom. The normalized spacial score (nSPS) is 43.2. The van der Waals surface area contributed by atoms with Crippen molar-refractivity contribution in [3.05, 3.63) is 17.4 Å². The van der Waals surface area contributed by atoms with E-state index in [0.29, 0.717) is 11.3 Å². The van der Waals surface area contributed by atoms with Gasteiger partial charge in [0, 0.05) is 11.0 Å². The molecule has 4 saturated carbocycles. The molecular weight excluding hydrogens is 210 g/mol. The number of rotatable bonds is 1. The van der Waals surface area contributed by atoms with Crippen molar-refractivity contribution >= 4 is 5.88 Å². The van der Waals surface area contributed by atoms with Crippen LogP contribution < -0.4 is 5.73 Å². The third kappa shape index (κ3) is 1.27. The SMILES string of the molecule is Cc1coc(N)c1C12CC3CC(CC(C3)C1)C2. The Labute approximate surface area is 103 Å². The molecule has 0 atom stereocenters. The summed E-state index contributed by atoms with van der Waals surface area (Å²) in [5, 5.41) is 0. The van der Waals surface area contributed by atoms with Crippen LogP contribution in [0.25, 0.3) is 0 Å². The van der Waals surface area contributed by atoms with Crippen LogP contribution in [0.15, 0.2) is 10.7 Å². The molecule has 4 aliphatic rings. The van der Waals surface area contributed by atoms with Crippen LogP contribution in [0.1, 0.15) is 49.7 Å². The first-order valence-electron chi connectivity index (χ1n) is 7.00. The molecule has 0 saturated heterocycles. The molecule has 2 heteroatoms. The smallest absolute Gasteiger partial charge is 0.194 e. The fraction of sp³-hybridized carbons (Fsp3) is 0.733. The van der Waals surface area contributed by atoms with Crippen LogP contribution in [0.4, 0.5) is 5.88 Å². The van der Waals surface area contributed by atoms with Crippen molar-refractivity contribution in [1.82, 2.24) is 0 Å². The summed E-state index contributed by atoms with van der Waals surface area (Å²) >= 11 is 0. The lowest BCUT2D eigenvalue weighted by molar-refractivity contribution is -0.00522. The number of nitrogen functional groups attached to an aromatic ring is 1. The molecule has 4 bridgehead atoms. The lowest BCUT2D eigenvalue weighted by Gasteiger charge is -2.57. The van der Waals surface area contributed by atoms with E-state index in [1.54, 1.807) is 0 Å². The highest BCUT2D eigenvalue weighted by Gasteiger charge is 2.53. The Morgan fingerprint density at radius 3 is 2.06 bits per heavy atom. The van der Waals surface area contributed by atoms with Gasteiger partial charge < -0.3 is 10.2 Å². The zero-order chi connectivity index (χ0) is 11.6. The summed E-state index contributed by atoms with van der Waals surface area (Å²) < 4.78 is 5.46. The second kappa shape index (κ2) is 3.09. The first-order chi connectivity index (χ1) is 8.16. The Kier molecular flexibility index (Phi) is 1.83. The van der Waals surface area contributed by atoms with Gasteiger partial charge in [-0.05, 0) is 68.8 Å². The van der Waals surface area contributed by atoms with Crippen LogP contribution in [0, 0.1) is 24.7 Å². The molecule has 92 valence electrons. The van der Waals surface area contributed by atoms with Gasteiger partial charge >= 0.3 is 0 Å². The summed E-state index contributed by atoms with van der Waals surface area (Å²) in [7, 11) is 0. The van der Waals surface area contributed by atoms with Crippen molar-refractivity contribution in [3.8, 4) is 0 Å². The molecule has 0 spiro atoms. The second-order valence-corrected chi connectivity index (χ2v) is 6.86. The summed E-state index contributed by atoms with van der Waals surface area (Å²) in [6.07, 6.45) is 10.4. The van der Waals surface area contributed by atoms with Gasteiger partial charge in [-0.1, -0.05) is 0 Å². The van der Waals surface area contributed by atoms with Crippen LogP contribution >= 0.6 is 0 Å². The minimum Gasteiger partial charge on any atom is -0.449 e. The molecule has 5 rings (SSSR count). The second-order valence-electron chi connectivity index (χ2n) is 6.86. The highest BCUT2D eigenvalue weighted by Crippen LogP contribution is 2.62. The predicted octanol–water partition coefficient (Wildman–Crippen LogP) is 3.64. The van der Waals surface area contributed by atoms with E-state index in [0.717, 1.165) is 17.8 Å². The van der Waals surface area contributed by atoms with Gasteiger partial charge in [0.15, 0.2) is 5.88 Å². The maximum Gasteiger partial charge on any atom is 0.194 e. The highest BCUT2D eigenvalue weighted by molar-refractivity contribution is 5.48. The summed E-state index contributed by atoms with van der Waals surface area (Å²) in [5.41, 5.74) is 9.13. The summed E-state index contributed by atoms with van der Waals surface area (Å²) in [4.78, 5) is 0. The number of aryl methyl sites for hydroxylation is 1. The zero-order valence-corrected chi connectivity index (χ0v) is 10.5. The lowest BCUT2D eigenvalue weighted by atomic mass is 9.48. The molecule has 2 nitrogen and oxygen atoms in total. The summed E-state index contributed by atoms with van der Waals surface area (Å²) in [6, 6.07) is 0. The van der Waals surface area contributed by atoms with E-state index in [1.165, 1.54) is 49.7 Å². The summed E-state index contributed by atoms with van der Waals surface area (Å²) in [5.74, 6) is 3.60. The van der Waals surface area contributed by atoms with Crippen molar-refractivity contribution in [2.45, 2.75) is 50.9 Å². The minimum absolute atomic E-state index is 0.385. The van der Waals surface area contributed by atoms with Crippen molar-refractivity contribution < 1.29 is 4.42 Å². The maximum atomic E-state index is 6.10. The third-order valence-electron chi connectivity index (χ3n) is 5.57. The number of anilines is 1. The number of hydrogen-bond acceptors (Lipinski definition) is 2. The fourth-order valence-corrected chi connectivity index (χ4v) is 5.56. The van der Waals surface area contributed by atoms with E-state index in [1.807, 2.05) is 6.26 Å². The van der Waals surface area contributed by atoms with Crippen molar-refractivity contribution in [2.24, 2.45) is 17.8 Å². The molecule has 4 fully saturated rings. The van der Waals surface area contributed by atoms with Crippen molar-refractivity contribution in [1.29, 1.82) is 0 Å². The Morgan fingerprint density at radius 2 is 1.65 bits per heavy atom. The van der Waals surface area contributed by atoms with E-state index in [-0.39, 0.29) is 0 Å². The van der Waals surface area contributed by atoms with Gasteiger partial charge in [-0.25, -0.2) is 0 Å². The van der Waals surface area contributed by atoms with Gasteiger partial charge in [-0.15, -0.1) is 0 Å². The molecule has 1 heterocycles. The van der Waals surface area contributed by atoms with E-state index in [9.17, 15) is 0 Å². The maximum absolute atomic E-state index is 6.10. The van der Waals surface area contributed by atoms with Gasteiger partial charge in [0.25, 0.3) is 0 Å². The fourth-order valence-electron chi connectivity index (χ4n) is 5.56. The van der Waals surface area contributed by atoms with Crippen molar-refractivity contribution in [2.75, 3.05) is 5.73 Å². The third-order valence-corrected chi connectivity index (χ3v) is 5.57. The first kappa shape index (κ1) is 10.0. The van der Waals surface area contributed by atoms with Crippen molar-refractivity contribution in [3.63, 3.8) is 0 Å². The zero-order valence-electron chi connectivity index (χ0n) is 10.5. The molecule has 0 aromatic carbocycles. The van der Waals surface area contributed by atoms with Crippen LogP contribution in [0.5, 0.6) is 0 Å². The van der Waals surface area contributed by atoms with Crippen LogP contribution in [0.3, 0.4) is 0 Å². The standard InChI is InChI=1S/C15H21NO/c1-9-8-17-14(16)13(9)15-5-10-2-11(6-15)4-12(3-10)7-15/h8,10-12H,2-7,16H2,1H3. The lowest BCUT2D eigenvalue weighted by Crippen LogP contribution is -2.48. The van der Waals surface area contributed by atoms with Crippen LogP contribution in [-0.4, -0.2) is 0 Å². The average Bonchev–Trinajstić information content (AvgIpc) is 2.56. The van der Waals surface area contributed by atoms with E-state index < -0.39 is 0 Å². The van der Waals surface area contributed by atoms with E-state index in [2.05, 4.69) is 6.92 Å². The number of nitrogens with two attached hydrogens (primary N) is 1. The Balaban J connectivity index is 1.82. The van der Waals surface area contributed by atoms with E-state index in [4.69, 9.17) is 10.2 Å². The average molecular weight is 231 g/mol. The Bertz CT molecular complexity index is 405. The van der Waals surface area contributed by atoms with Gasteiger partial charge in [0.1, 0.15) is 0 Å². The quantitative estimate of drug-likeness (QED) is 0.801. The molecule has 1 aromatic heterocycles. The Hall–Kier alpha value is -0.920. The molecule has 4 aliphatic carbocycles. The van der Waals surface area contributed by atoms with Gasteiger partial charge in [0.2, 0.25) is 0 Å². The molecule has 0 amide bonds. The number of hydrogen-bond donors (Lipinski definition) is 1. The van der Waals surface area contributed by atoms with Crippen LogP contribution in [-0.2, 0) is 5.41 Å². The molecule has 0 radical (unpaired) electrons. The van der Waals surface area contributed by atoms with E-state index >= 15 is 0 Å². The predicted molar refractivity (Wildman–Crippen MR) is 67.7 cm³/mol. The number of furan rings is 1. The first-order valence-corrected chi connectivity index (χ1v) is 7.00. The van der Waals surface area contributed by atoms with Gasteiger partial charge in [-0.2, -0.15) is 0 Å². The van der Waals surface area contributed by atoms with Crippen LogP contribution in [0.2, 0.25) is 0 Å². The molecule has 0 aliphatic heterocycles. The monoisotopic (exact) mass is 231 g/mol. The highest BCUT2D eigenvalue weighted by atomic mass is 16.3. The molecule has 2 N–H and O–H groups in total.